The van der Waals surface area contributed by atoms with E-state index in [2.05, 4.69) is 4.98 Å². The zero-order valence-corrected chi connectivity index (χ0v) is 9.66. The van der Waals surface area contributed by atoms with Gasteiger partial charge >= 0.3 is 5.97 Å². The highest BCUT2D eigenvalue weighted by molar-refractivity contribution is 7.09. The van der Waals surface area contributed by atoms with Crippen molar-refractivity contribution in [3.8, 4) is 0 Å². The number of thiazole rings is 1. The van der Waals surface area contributed by atoms with E-state index < -0.39 is 12.0 Å². The Balaban J connectivity index is 2.18. The molecule has 5 nitrogen and oxygen atoms in total. The minimum absolute atomic E-state index is 0.269. The zero-order chi connectivity index (χ0) is 11.7. The summed E-state index contributed by atoms with van der Waals surface area (Å²) in [7, 11) is 0. The van der Waals surface area contributed by atoms with Crippen LogP contribution in [0.15, 0.2) is 5.38 Å². The molecule has 1 atom stereocenters. The van der Waals surface area contributed by atoms with Crippen molar-refractivity contribution in [3.63, 3.8) is 0 Å². The molecule has 2 heterocycles. The Bertz CT molecular complexity index is 429. The molecule has 0 radical (unpaired) electrons. The van der Waals surface area contributed by atoms with Gasteiger partial charge in [-0.2, -0.15) is 0 Å². The minimum Gasteiger partial charge on any atom is -0.480 e. The first kappa shape index (κ1) is 11.1. The first-order chi connectivity index (χ1) is 7.59. The van der Waals surface area contributed by atoms with Gasteiger partial charge < -0.3 is 10.0 Å². The van der Waals surface area contributed by atoms with E-state index >= 15 is 0 Å². The van der Waals surface area contributed by atoms with E-state index in [9.17, 15) is 9.59 Å². The fourth-order valence-electron chi connectivity index (χ4n) is 1.88. The first-order valence-corrected chi connectivity index (χ1v) is 5.93. The van der Waals surface area contributed by atoms with Crippen LogP contribution in [0.1, 0.15) is 28.3 Å². The maximum atomic E-state index is 12.0. The highest BCUT2D eigenvalue weighted by atomic mass is 32.1. The topological polar surface area (TPSA) is 70.5 Å². The van der Waals surface area contributed by atoms with Gasteiger partial charge in [-0.05, 0) is 19.8 Å². The number of aromatic nitrogens is 1. The van der Waals surface area contributed by atoms with Crippen molar-refractivity contribution in [2.75, 3.05) is 6.54 Å². The van der Waals surface area contributed by atoms with Gasteiger partial charge in [-0.3, -0.25) is 4.79 Å². The van der Waals surface area contributed by atoms with E-state index in [4.69, 9.17) is 5.11 Å². The molecule has 1 aromatic heterocycles. The largest absolute Gasteiger partial charge is 0.480 e. The summed E-state index contributed by atoms with van der Waals surface area (Å²) in [5, 5.41) is 11.5. The molecule has 2 rings (SSSR count). The molecule has 0 bridgehead atoms. The summed E-state index contributed by atoms with van der Waals surface area (Å²) in [4.78, 5) is 28.4. The fraction of sp³-hybridized carbons (Fsp3) is 0.500. The Kier molecular flexibility index (Phi) is 2.91. The molecule has 1 fully saturated rings. The standard InChI is InChI=1S/C10H12N2O3S/c1-6-11-7(5-16-6)9(13)12-4-2-3-8(12)10(14)15/h5,8H,2-4H2,1H3,(H,14,15). The number of rotatable bonds is 2. The van der Waals surface area contributed by atoms with Crippen molar-refractivity contribution >= 4 is 23.2 Å². The maximum Gasteiger partial charge on any atom is 0.326 e. The van der Waals surface area contributed by atoms with Gasteiger partial charge in [0, 0.05) is 11.9 Å². The van der Waals surface area contributed by atoms with Crippen molar-refractivity contribution in [2.45, 2.75) is 25.8 Å². The lowest BCUT2D eigenvalue weighted by atomic mass is 10.2. The number of carbonyl (C=O) groups is 2. The summed E-state index contributed by atoms with van der Waals surface area (Å²) in [6.45, 7) is 2.33. The van der Waals surface area contributed by atoms with Gasteiger partial charge in [-0.25, -0.2) is 9.78 Å². The van der Waals surface area contributed by atoms with Crippen LogP contribution < -0.4 is 0 Å². The molecular weight excluding hydrogens is 228 g/mol. The van der Waals surface area contributed by atoms with Crippen LogP contribution in [0.3, 0.4) is 0 Å². The molecule has 0 aliphatic carbocycles. The number of hydrogen-bond donors (Lipinski definition) is 1. The molecule has 1 amide bonds. The predicted molar refractivity (Wildman–Crippen MR) is 58.5 cm³/mol. The lowest BCUT2D eigenvalue weighted by Gasteiger charge is -2.20. The molecular formula is C10H12N2O3S. The van der Waals surface area contributed by atoms with Crippen molar-refractivity contribution in [1.82, 2.24) is 9.88 Å². The average molecular weight is 240 g/mol. The van der Waals surface area contributed by atoms with Crippen LogP contribution >= 0.6 is 11.3 Å². The van der Waals surface area contributed by atoms with Crippen molar-refractivity contribution in [1.29, 1.82) is 0 Å². The monoisotopic (exact) mass is 240 g/mol. The molecule has 1 unspecified atom stereocenters. The molecule has 1 saturated heterocycles. The molecule has 1 N–H and O–H groups in total. The van der Waals surface area contributed by atoms with Gasteiger partial charge in [0.25, 0.3) is 5.91 Å². The SMILES string of the molecule is Cc1nc(C(=O)N2CCCC2C(=O)O)cs1. The number of hydrogen-bond acceptors (Lipinski definition) is 4. The molecule has 0 spiro atoms. The number of carboxylic acid groups (broad SMARTS) is 1. The van der Waals surface area contributed by atoms with Gasteiger partial charge in [0.1, 0.15) is 11.7 Å². The van der Waals surface area contributed by atoms with Crippen LogP contribution in [0, 0.1) is 6.92 Å². The maximum absolute atomic E-state index is 12.0. The van der Waals surface area contributed by atoms with Crippen molar-refractivity contribution in [2.24, 2.45) is 0 Å². The Hall–Kier alpha value is -1.43. The van der Waals surface area contributed by atoms with Crippen LogP contribution in [0.2, 0.25) is 0 Å². The third-order valence-corrected chi connectivity index (χ3v) is 3.41. The van der Waals surface area contributed by atoms with Crippen molar-refractivity contribution in [3.05, 3.63) is 16.1 Å². The summed E-state index contributed by atoms with van der Waals surface area (Å²) in [6.07, 6.45) is 1.27. The summed E-state index contributed by atoms with van der Waals surface area (Å²) < 4.78 is 0. The highest BCUT2D eigenvalue weighted by Gasteiger charge is 2.35. The summed E-state index contributed by atoms with van der Waals surface area (Å²) in [5.74, 6) is -1.20. The lowest BCUT2D eigenvalue weighted by Crippen LogP contribution is -2.40. The Morgan fingerprint density at radius 3 is 2.94 bits per heavy atom. The second-order valence-electron chi connectivity index (χ2n) is 3.75. The number of aliphatic carboxylic acids is 1. The van der Waals surface area contributed by atoms with E-state index in [1.54, 1.807) is 5.38 Å². The highest BCUT2D eigenvalue weighted by Crippen LogP contribution is 2.21. The lowest BCUT2D eigenvalue weighted by molar-refractivity contribution is -0.141. The first-order valence-electron chi connectivity index (χ1n) is 5.05. The molecule has 1 aliphatic heterocycles. The number of amides is 1. The normalized spacial score (nSPS) is 20.1. The van der Waals surface area contributed by atoms with E-state index in [0.717, 1.165) is 11.4 Å². The number of likely N-dealkylation sites (tertiary alicyclic amines) is 1. The second-order valence-corrected chi connectivity index (χ2v) is 4.81. The zero-order valence-electron chi connectivity index (χ0n) is 8.84. The van der Waals surface area contributed by atoms with Crippen LogP contribution in [-0.4, -0.2) is 39.5 Å². The van der Waals surface area contributed by atoms with Crippen molar-refractivity contribution < 1.29 is 14.7 Å². The number of nitrogens with zero attached hydrogens (tertiary/aromatic N) is 2. The molecule has 0 aromatic carbocycles. The third kappa shape index (κ3) is 1.92. The van der Waals surface area contributed by atoms with Crippen LogP contribution in [0.5, 0.6) is 0 Å². The number of aryl methyl sites for hydroxylation is 1. The minimum atomic E-state index is -0.933. The van der Waals surface area contributed by atoms with Gasteiger partial charge in [-0.15, -0.1) is 11.3 Å². The van der Waals surface area contributed by atoms with E-state index in [1.807, 2.05) is 6.92 Å². The Morgan fingerprint density at radius 2 is 2.38 bits per heavy atom. The fourth-order valence-corrected chi connectivity index (χ4v) is 2.46. The van der Waals surface area contributed by atoms with Gasteiger partial charge in [0.2, 0.25) is 0 Å². The third-order valence-electron chi connectivity index (χ3n) is 2.64. The molecule has 16 heavy (non-hydrogen) atoms. The molecule has 1 aliphatic rings. The van der Waals surface area contributed by atoms with E-state index in [0.29, 0.717) is 18.7 Å². The van der Waals surface area contributed by atoms with Crippen LogP contribution in [0.25, 0.3) is 0 Å². The summed E-state index contributed by atoms with van der Waals surface area (Å²) in [6, 6.07) is -0.686. The van der Waals surface area contributed by atoms with E-state index in [-0.39, 0.29) is 5.91 Å². The van der Waals surface area contributed by atoms with Gasteiger partial charge in [0.15, 0.2) is 0 Å². The molecule has 86 valence electrons. The Morgan fingerprint density at radius 1 is 1.62 bits per heavy atom. The van der Waals surface area contributed by atoms with Crippen LogP contribution in [-0.2, 0) is 4.79 Å². The summed E-state index contributed by atoms with van der Waals surface area (Å²) >= 11 is 1.40. The smallest absolute Gasteiger partial charge is 0.326 e. The van der Waals surface area contributed by atoms with Gasteiger partial charge in [0.05, 0.1) is 5.01 Å². The average Bonchev–Trinajstić information content (AvgIpc) is 2.84. The summed E-state index contributed by atoms with van der Waals surface area (Å²) in [5.41, 5.74) is 0.357. The Labute approximate surface area is 96.7 Å². The number of carboxylic acids is 1. The van der Waals surface area contributed by atoms with Crippen LogP contribution in [0.4, 0.5) is 0 Å². The second kappa shape index (κ2) is 4.21. The molecule has 6 heteroatoms. The predicted octanol–water partition coefficient (Wildman–Crippen LogP) is 1.14. The van der Waals surface area contributed by atoms with Gasteiger partial charge in [-0.1, -0.05) is 0 Å². The quantitative estimate of drug-likeness (QED) is 0.841. The van der Waals surface area contributed by atoms with E-state index in [1.165, 1.54) is 16.2 Å². The molecule has 0 saturated carbocycles. The number of carbonyl (C=O) groups excluding carboxylic acids is 1. The molecule has 1 aromatic rings.